The van der Waals surface area contributed by atoms with Crippen LogP contribution in [0.15, 0.2) is 42.5 Å². The molecule has 120 valence electrons. The van der Waals surface area contributed by atoms with Crippen LogP contribution in [0, 0.1) is 6.92 Å². The molecule has 6 heteroatoms. The van der Waals surface area contributed by atoms with Gasteiger partial charge in [-0.2, -0.15) is 0 Å². The number of nitrogens with one attached hydrogen (secondary N) is 1. The molecule has 23 heavy (non-hydrogen) atoms. The van der Waals surface area contributed by atoms with Crippen molar-refractivity contribution in [1.29, 1.82) is 0 Å². The monoisotopic (exact) mass is 333 g/mol. The van der Waals surface area contributed by atoms with Gasteiger partial charge < -0.3 is 14.8 Å². The Labute approximate surface area is 139 Å². The van der Waals surface area contributed by atoms with E-state index in [2.05, 4.69) is 10.1 Å². The van der Waals surface area contributed by atoms with Gasteiger partial charge in [-0.05, 0) is 37.3 Å². The van der Waals surface area contributed by atoms with Gasteiger partial charge in [0, 0.05) is 5.69 Å². The average Bonchev–Trinajstić information content (AvgIpc) is 2.55. The van der Waals surface area contributed by atoms with Gasteiger partial charge in [0.05, 0.1) is 17.7 Å². The van der Waals surface area contributed by atoms with E-state index in [1.807, 2.05) is 19.1 Å². The lowest BCUT2D eigenvalue weighted by molar-refractivity contribution is -0.118. The van der Waals surface area contributed by atoms with Crippen LogP contribution >= 0.6 is 11.6 Å². The molecule has 1 N–H and O–H groups in total. The Morgan fingerprint density at radius 3 is 2.48 bits per heavy atom. The van der Waals surface area contributed by atoms with Gasteiger partial charge in [-0.25, -0.2) is 4.79 Å². The van der Waals surface area contributed by atoms with Crippen molar-refractivity contribution in [3.63, 3.8) is 0 Å². The molecule has 2 rings (SSSR count). The molecule has 1 amide bonds. The van der Waals surface area contributed by atoms with Crippen molar-refractivity contribution in [2.24, 2.45) is 0 Å². The van der Waals surface area contributed by atoms with E-state index in [1.54, 1.807) is 18.2 Å². The molecule has 0 unspecified atom stereocenters. The quantitative estimate of drug-likeness (QED) is 0.851. The highest BCUT2D eigenvalue weighted by atomic mass is 35.5. The van der Waals surface area contributed by atoms with E-state index in [0.717, 1.165) is 5.56 Å². The van der Waals surface area contributed by atoms with Crippen LogP contribution in [-0.2, 0) is 9.53 Å². The Balaban J connectivity index is 1.97. The van der Waals surface area contributed by atoms with Crippen LogP contribution in [0.25, 0.3) is 0 Å². The standard InChI is InChI=1S/C17H16ClNO4/c1-11-3-6-13(7-4-11)23-10-16(20)19-12-5-8-15(18)14(9-12)17(21)22-2/h3-9H,10H2,1-2H3,(H,19,20). The van der Waals surface area contributed by atoms with E-state index in [-0.39, 0.29) is 23.1 Å². The number of halogens is 1. The second-order valence-corrected chi connectivity index (χ2v) is 5.24. The van der Waals surface area contributed by atoms with Gasteiger partial charge in [0.2, 0.25) is 0 Å². The zero-order valence-corrected chi connectivity index (χ0v) is 13.5. The maximum Gasteiger partial charge on any atom is 0.339 e. The zero-order valence-electron chi connectivity index (χ0n) is 12.8. The molecule has 0 aliphatic heterocycles. The van der Waals surface area contributed by atoms with Crippen molar-refractivity contribution >= 4 is 29.2 Å². The van der Waals surface area contributed by atoms with Crippen LogP contribution in [0.3, 0.4) is 0 Å². The summed E-state index contributed by atoms with van der Waals surface area (Å²) in [5.74, 6) is -0.303. The molecule has 0 aliphatic rings. The number of carbonyl (C=O) groups is 2. The van der Waals surface area contributed by atoms with Gasteiger partial charge in [0.1, 0.15) is 5.75 Å². The molecular formula is C17H16ClNO4. The fourth-order valence-corrected chi connectivity index (χ4v) is 2.04. The number of anilines is 1. The first-order chi connectivity index (χ1) is 11.0. The molecule has 2 aromatic rings. The lowest BCUT2D eigenvalue weighted by atomic mass is 10.2. The first kappa shape index (κ1) is 16.8. The third-order valence-electron chi connectivity index (χ3n) is 3.05. The smallest absolute Gasteiger partial charge is 0.339 e. The first-order valence-electron chi connectivity index (χ1n) is 6.87. The molecule has 0 atom stereocenters. The topological polar surface area (TPSA) is 64.6 Å². The van der Waals surface area contributed by atoms with E-state index >= 15 is 0 Å². The number of amides is 1. The van der Waals surface area contributed by atoms with Gasteiger partial charge in [0.15, 0.2) is 6.61 Å². The Morgan fingerprint density at radius 1 is 1.13 bits per heavy atom. The first-order valence-corrected chi connectivity index (χ1v) is 7.24. The Bertz CT molecular complexity index is 713. The number of ether oxygens (including phenoxy) is 2. The predicted octanol–water partition coefficient (Wildman–Crippen LogP) is 3.45. The highest BCUT2D eigenvalue weighted by molar-refractivity contribution is 6.33. The Kier molecular flexibility index (Phi) is 5.60. The lowest BCUT2D eigenvalue weighted by Gasteiger charge is -2.09. The number of hydrogen-bond acceptors (Lipinski definition) is 4. The van der Waals surface area contributed by atoms with Crippen LogP contribution < -0.4 is 10.1 Å². The summed E-state index contributed by atoms with van der Waals surface area (Å²) in [6.07, 6.45) is 0. The summed E-state index contributed by atoms with van der Waals surface area (Å²) in [6, 6.07) is 11.9. The molecule has 0 heterocycles. The fraction of sp³-hybridized carbons (Fsp3) is 0.176. The second kappa shape index (κ2) is 7.65. The van der Waals surface area contributed by atoms with E-state index in [1.165, 1.54) is 19.2 Å². The van der Waals surface area contributed by atoms with Gasteiger partial charge in [-0.1, -0.05) is 29.3 Å². The maximum absolute atomic E-state index is 11.9. The van der Waals surface area contributed by atoms with Gasteiger partial charge in [0.25, 0.3) is 5.91 Å². The molecule has 0 aromatic heterocycles. The SMILES string of the molecule is COC(=O)c1cc(NC(=O)COc2ccc(C)cc2)ccc1Cl. The number of aryl methyl sites for hydroxylation is 1. The molecule has 0 radical (unpaired) electrons. The number of carbonyl (C=O) groups excluding carboxylic acids is 2. The minimum atomic E-state index is -0.568. The van der Waals surface area contributed by atoms with E-state index < -0.39 is 5.97 Å². The van der Waals surface area contributed by atoms with E-state index in [4.69, 9.17) is 16.3 Å². The second-order valence-electron chi connectivity index (χ2n) is 4.84. The number of hydrogen-bond donors (Lipinski definition) is 1. The molecular weight excluding hydrogens is 318 g/mol. The third-order valence-corrected chi connectivity index (χ3v) is 3.38. The largest absolute Gasteiger partial charge is 0.484 e. The van der Waals surface area contributed by atoms with Crippen molar-refractivity contribution < 1.29 is 19.1 Å². The van der Waals surface area contributed by atoms with Gasteiger partial charge >= 0.3 is 5.97 Å². The number of methoxy groups -OCH3 is 1. The summed E-state index contributed by atoms with van der Waals surface area (Å²) < 4.78 is 10.0. The van der Waals surface area contributed by atoms with Crippen molar-refractivity contribution in [2.45, 2.75) is 6.92 Å². The highest BCUT2D eigenvalue weighted by Crippen LogP contribution is 2.21. The normalized spacial score (nSPS) is 10.0. The lowest BCUT2D eigenvalue weighted by Crippen LogP contribution is -2.20. The van der Waals surface area contributed by atoms with Crippen LogP contribution in [0.1, 0.15) is 15.9 Å². The van der Waals surface area contributed by atoms with E-state index in [9.17, 15) is 9.59 Å². The maximum atomic E-state index is 11.9. The van der Waals surface area contributed by atoms with Crippen LogP contribution in [0.4, 0.5) is 5.69 Å². The van der Waals surface area contributed by atoms with Crippen molar-refractivity contribution in [2.75, 3.05) is 19.0 Å². The molecule has 0 spiro atoms. The molecule has 5 nitrogen and oxygen atoms in total. The highest BCUT2D eigenvalue weighted by Gasteiger charge is 2.12. The molecule has 0 aliphatic carbocycles. The van der Waals surface area contributed by atoms with Crippen molar-refractivity contribution in [3.05, 3.63) is 58.6 Å². The van der Waals surface area contributed by atoms with Gasteiger partial charge in [-0.3, -0.25) is 4.79 Å². The van der Waals surface area contributed by atoms with Gasteiger partial charge in [-0.15, -0.1) is 0 Å². The van der Waals surface area contributed by atoms with Crippen LogP contribution in [0.2, 0.25) is 5.02 Å². The number of esters is 1. The third kappa shape index (κ3) is 4.72. The fourth-order valence-electron chi connectivity index (χ4n) is 1.85. The predicted molar refractivity (Wildman–Crippen MR) is 88.1 cm³/mol. The number of benzene rings is 2. The average molecular weight is 334 g/mol. The Hall–Kier alpha value is -2.53. The molecule has 0 saturated carbocycles. The Morgan fingerprint density at radius 2 is 1.83 bits per heavy atom. The summed E-state index contributed by atoms with van der Waals surface area (Å²) >= 11 is 5.92. The van der Waals surface area contributed by atoms with Crippen molar-refractivity contribution in [1.82, 2.24) is 0 Å². The summed E-state index contributed by atoms with van der Waals surface area (Å²) in [5, 5.41) is 2.90. The number of rotatable bonds is 5. The molecule has 0 saturated heterocycles. The summed E-state index contributed by atoms with van der Waals surface area (Å²) in [5.41, 5.74) is 1.73. The zero-order chi connectivity index (χ0) is 16.8. The minimum absolute atomic E-state index is 0.140. The summed E-state index contributed by atoms with van der Waals surface area (Å²) in [6.45, 7) is 1.83. The minimum Gasteiger partial charge on any atom is -0.484 e. The van der Waals surface area contributed by atoms with Crippen LogP contribution in [0.5, 0.6) is 5.75 Å². The summed E-state index contributed by atoms with van der Waals surface area (Å²) in [4.78, 5) is 23.5. The molecule has 0 bridgehead atoms. The van der Waals surface area contributed by atoms with Crippen LogP contribution in [-0.4, -0.2) is 25.6 Å². The molecule has 0 fully saturated rings. The summed E-state index contributed by atoms with van der Waals surface area (Å²) in [7, 11) is 1.26. The van der Waals surface area contributed by atoms with Crippen molar-refractivity contribution in [3.8, 4) is 5.75 Å². The molecule has 2 aromatic carbocycles. The van der Waals surface area contributed by atoms with E-state index in [0.29, 0.717) is 11.4 Å².